The molecule has 112 valence electrons. The van der Waals surface area contributed by atoms with Gasteiger partial charge in [-0.15, -0.1) is 0 Å². The highest BCUT2D eigenvalue weighted by Crippen LogP contribution is 2.13. The maximum absolute atomic E-state index is 12.7. The molecule has 0 spiro atoms. The van der Waals surface area contributed by atoms with Crippen LogP contribution in [-0.2, 0) is 0 Å². The first-order valence-corrected chi connectivity index (χ1v) is 7.56. The molecule has 0 bridgehead atoms. The van der Waals surface area contributed by atoms with Crippen LogP contribution in [0.25, 0.3) is 0 Å². The standard InChI is InChI=1S/C16H25FN2O/c1-18-15-8-11-19(12-9-15)10-2-3-13-20-16-6-4-14(17)5-7-16/h4-7,15,18H,2-3,8-13H2,1H3. The highest BCUT2D eigenvalue weighted by Gasteiger charge is 2.16. The van der Waals surface area contributed by atoms with Crippen LogP contribution in [0, 0.1) is 5.82 Å². The van der Waals surface area contributed by atoms with Crippen molar-refractivity contribution in [1.82, 2.24) is 10.2 Å². The molecule has 1 N–H and O–H groups in total. The molecule has 20 heavy (non-hydrogen) atoms. The average Bonchev–Trinajstić information content (AvgIpc) is 2.49. The third kappa shape index (κ3) is 5.10. The van der Waals surface area contributed by atoms with Gasteiger partial charge in [-0.1, -0.05) is 0 Å². The summed E-state index contributed by atoms with van der Waals surface area (Å²) in [6.45, 7) is 4.26. The molecule has 2 rings (SSSR count). The number of rotatable bonds is 7. The van der Waals surface area contributed by atoms with Gasteiger partial charge in [0.25, 0.3) is 0 Å². The summed E-state index contributed by atoms with van der Waals surface area (Å²) >= 11 is 0. The molecule has 0 atom stereocenters. The topological polar surface area (TPSA) is 24.5 Å². The van der Waals surface area contributed by atoms with Crippen LogP contribution in [0.2, 0.25) is 0 Å². The number of nitrogens with zero attached hydrogens (tertiary/aromatic N) is 1. The van der Waals surface area contributed by atoms with Gasteiger partial charge in [0.05, 0.1) is 6.61 Å². The van der Waals surface area contributed by atoms with Crippen molar-refractivity contribution in [3.8, 4) is 5.75 Å². The van der Waals surface area contributed by atoms with Crippen molar-refractivity contribution >= 4 is 0 Å². The average molecular weight is 280 g/mol. The Morgan fingerprint density at radius 1 is 1.20 bits per heavy atom. The van der Waals surface area contributed by atoms with Crippen LogP contribution < -0.4 is 10.1 Å². The minimum absolute atomic E-state index is 0.220. The molecule has 1 aliphatic rings. The molecule has 1 saturated heterocycles. The third-order valence-corrected chi connectivity index (χ3v) is 3.95. The SMILES string of the molecule is CNC1CCN(CCCCOc2ccc(F)cc2)CC1. The van der Waals surface area contributed by atoms with Gasteiger partial charge >= 0.3 is 0 Å². The van der Waals surface area contributed by atoms with E-state index in [0.717, 1.165) is 25.1 Å². The summed E-state index contributed by atoms with van der Waals surface area (Å²) < 4.78 is 18.3. The lowest BCUT2D eigenvalue weighted by Gasteiger charge is -2.31. The van der Waals surface area contributed by atoms with Crippen LogP contribution >= 0.6 is 0 Å². The molecule has 0 saturated carbocycles. The van der Waals surface area contributed by atoms with E-state index in [1.165, 1.54) is 38.1 Å². The van der Waals surface area contributed by atoms with Gasteiger partial charge < -0.3 is 15.0 Å². The summed E-state index contributed by atoms with van der Waals surface area (Å²) in [6.07, 6.45) is 4.71. The summed E-state index contributed by atoms with van der Waals surface area (Å²) in [5, 5.41) is 3.35. The molecule has 0 aromatic heterocycles. The van der Waals surface area contributed by atoms with Crippen LogP contribution in [0.4, 0.5) is 4.39 Å². The van der Waals surface area contributed by atoms with Crippen molar-refractivity contribution in [1.29, 1.82) is 0 Å². The summed E-state index contributed by atoms with van der Waals surface area (Å²) in [6, 6.07) is 6.92. The Labute approximate surface area is 121 Å². The first-order chi connectivity index (χ1) is 9.78. The Balaban J connectivity index is 1.52. The summed E-state index contributed by atoms with van der Waals surface area (Å²) in [7, 11) is 2.05. The number of unbranched alkanes of at least 4 members (excludes halogenated alkanes) is 1. The van der Waals surface area contributed by atoms with Crippen molar-refractivity contribution in [2.45, 2.75) is 31.7 Å². The van der Waals surface area contributed by atoms with E-state index in [9.17, 15) is 4.39 Å². The smallest absolute Gasteiger partial charge is 0.123 e. The third-order valence-electron chi connectivity index (χ3n) is 3.95. The number of nitrogens with one attached hydrogen (secondary N) is 1. The molecule has 1 aromatic carbocycles. The fourth-order valence-electron chi connectivity index (χ4n) is 2.60. The lowest BCUT2D eigenvalue weighted by molar-refractivity contribution is 0.193. The van der Waals surface area contributed by atoms with Crippen LogP contribution in [0.15, 0.2) is 24.3 Å². The van der Waals surface area contributed by atoms with E-state index in [1.54, 1.807) is 12.1 Å². The number of piperidine rings is 1. The monoisotopic (exact) mass is 280 g/mol. The number of ether oxygens (including phenoxy) is 1. The first kappa shape index (κ1) is 15.3. The lowest BCUT2D eigenvalue weighted by atomic mass is 10.1. The second-order valence-electron chi connectivity index (χ2n) is 5.41. The molecule has 0 aliphatic carbocycles. The predicted octanol–water partition coefficient (Wildman–Crippen LogP) is 2.67. The molecule has 1 aromatic rings. The van der Waals surface area contributed by atoms with Crippen LogP contribution in [0.5, 0.6) is 5.75 Å². The highest BCUT2D eigenvalue weighted by atomic mass is 19.1. The van der Waals surface area contributed by atoms with Gasteiger partial charge in [-0.25, -0.2) is 4.39 Å². The van der Waals surface area contributed by atoms with Gasteiger partial charge in [0.15, 0.2) is 0 Å². The second-order valence-corrected chi connectivity index (χ2v) is 5.41. The Morgan fingerprint density at radius 2 is 1.90 bits per heavy atom. The van der Waals surface area contributed by atoms with Gasteiger partial charge in [-0.2, -0.15) is 0 Å². The molecule has 4 heteroatoms. The minimum Gasteiger partial charge on any atom is -0.494 e. The fourth-order valence-corrected chi connectivity index (χ4v) is 2.60. The van der Waals surface area contributed by atoms with Gasteiger partial charge in [0.1, 0.15) is 11.6 Å². The van der Waals surface area contributed by atoms with E-state index in [2.05, 4.69) is 10.2 Å². The van der Waals surface area contributed by atoms with E-state index in [-0.39, 0.29) is 5.82 Å². The Hall–Kier alpha value is -1.13. The van der Waals surface area contributed by atoms with E-state index in [4.69, 9.17) is 4.74 Å². The van der Waals surface area contributed by atoms with Crippen molar-refractivity contribution in [3.63, 3.8) is 0 Å². The van der Waals surface area contributed by atoms with E-state index in [1.807, 2.05) is 7.05 Å². The van der Waals surface area contributed by atoms with E-state index in [0.29, 0.717) is 12.6 Å². The number of hydrogen-bond donors (Lipinski definition) is 1. The van der Waals surface area contributed by atoms with Gasteiger partial charge in [-0.05, 0) is 76.6 Å². The second kappa shape index (κ2) is 8.22. The predicted molar refractivity (Wildman–Crippen MR) is 79.7 cm³/mol. The molecule has 0 radical (unpaired) electrons. The number of benzene rings is 1. The van der Waals surface area contributed by atoms with Crippen LogP contribution in [0.3, 0.4) is 0 Å². The molecule has 1 aliphatic heterocycles. The Morgan fingerprint density at radius 3 is 2.55 bits per heavy atom. The quantitative estimate of drug-likeness (QED) is 0.777. The van der Waals surface area contributed by atoms with Crippen LogP contribution in [-0.4, -0.2) is 44.2 Å². The van der Waals surface area contributed by atoms with Gasteiger partial charge in [-0.3, -0.25) is 0 Å². The van der Waals surface area contributed by atoms with Crippen molar-refractivity contribution < 1.29 is 9.13 Å². The largest absolute Gasteiger partial charge is 0.494 e. The number of hydrogen-bond acceptors (Lipinski definition) is 3. The molecule has 3 nitrogen and oxygen atoms in total. The Kier molecular flexibility index (Phi) is 6.27. The molecule has 1 heterocycles. The minimum atomic E-state index is -0.220. The molecule has 0 unspecified atom stereocenters. The number of halogens is 1. The zero-order valence-electron chi connectivity index (χ0n) is 12.3. The molecular formula is C16H25FN2O. The highest BCUT2D eigenvalue weighted by molar-refractivity contribution is 5.21. The first-order valence-electron chi connectivity index (χ1n) is 7.56. The van der Waals surface area contributed by atoms with E-state index >= 15 is 0 Å². The van der Waals surface area contributed by atoms with E-state index < -0.39 is 0 Å². The normalized spacial score (nSPS) is 17.3. The van der Waals surface area contributed by atoms with Crippen molar-refractivity contribution in [3.05, 3.63) is 30.1 Å². The zero-order chi connectivity index (χ0) is 14.2. The van der Waals surface area contributed by atoms with Crippen molar-refractivity contribution in [2.24, 2.45) is 0 Å². The van der Waals surface area contributed by atoms with Gasteiger partial charge in [0.2, 0.25) is 0 Å². The van der Waals surface area contributed by atoms with Crippen molar-refractivity contribution in [2.75, 3.05) is 33.3 Å². The van der Waals surface area contributed by atoms with Crippen LogP contribution in [0.1, 0.15) is 25.7 Å². The molecular weight excluding hydrogens is 255 g/mol. The summed E-state index contributed by atoms with van der Waals surface area (Å²) in [5.41, 5.74) is 0. The lowest BCUT2D eigenvalue weighted by Crippen LogP contribution is -2.41. The number of likely N-dealkylation sites (tertiary alicyclic amines) is 1. The molecule has 1 fully saturated rings. The zero-order valence-corrected chi connectivity index (χ0v) is 12.3. The molecule has 0 amide bonds. The summed E-state index contributed by atoms with van der Waals surface area (Å²) in [4.78, 5) is 2.53. The maximum atomic E-state index is 12.7. The Bertz CT molecular complexity index is 375. The summed E-state index contributed by atoms with van der Waals surface area (Å²) in [5.74, 6) is 0.531. The maximum Gasteiger partial charge on any atom is 0.123 e. The fraction of sp³-hybridized carbons (Fsp3) is 0.625. The van der Waals surface area contributed by atoms with Gasteiger partial charge in [0, 0.05) is 6.04 Å².